The fraction of sp³-hybridized carbons (Fsp3) is 0.400. The maximum absolute atomic E-state index is 5.34. The fourth-order valence-corrected chi connectivity index (χ4v) is 1.93. The van der Waals surface area contributed by atoms with Crippen molar-refractivity contribution in [2.24, 2.45) is 0 Å². The largest absolute Gasteiger partial charge is 0.497 e. The lowest BCUT2D eigenvalue weighted by atomic mass is 10.2. The first-order valence-electron chi connectivity index (χ1n) is 6.73. The first-order valence-corrected chi connectivity index (χ1v) is 6.73. The van der Waals surface area contributed by atoms with Crippen LogP contribution in [0.5, 0.6) is 5.75 Å². The van der Waals surface area contributed by atoms with Crippen molar-refractivity contribution >= 4 is 5.69 Å². The number of ether oxygens (including phenoxy) is 1. The maximum Gasteiger partial charge on any atom is 0.156 e. The van der Waals surface area contributed by atoms with Gasteiger partial charge in [-0.15, -0.1) is 0 Å². The Morgan fingerprint density at radius 1 is 1.30 bits per heavy atom. The van der Waals surface area contributed by atoms with Gasteiger partial charge in [0.25, 0.3) is 0 Å². The monoisotopic (exact) mass is 275 g/mol. The lowest BCUT2D eigenvalue weighted by molar-refractivity contribution is 0.375. The van der Waals surface area contributed by atoms with Crippen LogP contribution in [-0.4, -0.2) is 25.9 Å². The average molecular weight is 275 g/mol. The van der Waals surface area contributed by atoms with E-state index < -0.39 is 0 Å². The molecule has 0 aliphatic heterocycles. The summed E-state index contributed by atoms with van der Waals surface area (Å²) < 4.78 is 10.5. The van der Waals surface area contributed by atoms with E-state index in [1.807, 2.05) is 37.4 Å². The Kier molecular flexibility index (Phi) is 5.01. The van der Waals surface area contributed by atoms with Crippen molar-refractivity contribution in [1.29, 1.82) is 0 Å². The van der Waals surface area contributed by atoms with Crippen LogP contribution < -0.4 is 15.0 Å². The smallest absolute Gasteiger partial charge is 0.156 e. The molecule has 0 amide bonds. The summed E-state index contributed by atoms with van der Waals surface area (Å²) in [4.78, 5) is 2.11. The molecule has 1 heterocycles. The number of hydrogen-bond donors (Lipinski definition) is 1. The summed E-state index contributed by atoms with van der Waals surface area (Å²) in [5.41, 5.74) is 2.04. The molecule has 0 radical (unpaired) electrons. The predicted octanol–water partition coefficient (Wildman–Crippen LogP) is 2.43. The molecule has 0 aliphatic carbocycles. The maximum atomic E-state index is 5.34. The highest BCUT2D eigenvalue weighted by molar-refractivity contribution is 5.48. The van der Waals surface area contributed by atoms with Gasteiger partial charge in [-0.05, 0) is 30.8 Å². The zero-order chi connectivity index (χ0) is 14.4. The molecule has 0 atom stereocenters. The van der Waals surface area contributed by atoms with Gasteiger partial charge >= 0.3 is 0 Å². The minimum atomic E-state index is 0.686. The minimum absolute atomic E-state index is 0.686. The molecule has 0 spiro atoms. The zero-order valence-corrected chi connectivity index (χ0v) is 12.2. The van der Waals surface area contributed by atoms with E-state index in [4.69, 9.17) is 9.26 Å². The Morgan fingerprint density at radius 3 is 2.70 bits per heavy atom. The van der Waals surface area contributed by atoms with Crippen molar-refractivity contribution in [3.05, 3.63) is 41.8 Å². The van der Waals surface area contributed by atoms with Gasteiger partial charge in [-0.1, -0.05) is 12.1 Å². The molecule has 108 valence electrons. The molecule has 1 aromatic heterocycles. The number of rotatable bonds is 7. The van der Waals surface area contributed by atoms with Crippen molar-refractivity contribution < 1.29 is 9.26 Å². The van der Waals surface area contributed by atoms with E-state index in [0.717, 1.165) is 36.0 Å². The number of benzene rings is 1. The van der Waals surface area contributed by atoms with E-state index in [0.29, 0.717) is 6.54 Å². The summed E-state index contributed by atoms with van der Waals surface area (Å²) in [7, 11) is 3.69. The summed E-state index contributed by atoms with van der Waals surface area (Å²) in [6.45, 7) is 4.42. The van der Waals surface area contributed by atoms with Gasteiger partial charge in [0, 0.05) is 25.3 Å². The van der Waals surface area contributed by atoms with Crippen LogP contribution in [0.3, 0.4) is 0 Å². The summed E-state index contributed by atoms with van der Waals surface area (Å²) >= 11 is 0. The van der Waals surface area contributed by atoms with Crippen molar-refractivity contribution in [1.82, 2.24) is 10.5 Å². The quantitative estimate of drug-likeness (QED) is 0.841. The molecule has 2 rings (SSSR count). The summed E-state index contributed by atoms with van der Waals surface area (Å²) in [6, 6.07) is 9.93. The first kappa shape index (κ1) is 14.4. The van der Waals surface area contributed by atoms with Crippen LogP contribution in [0.25, 0.3) is 0 Å². The van der Waals surface area contributed by atoms with E-state index in [2.05, 4.69) is 22.3 Å². The van der Waals surface area contributed by atoms with Crippen LogP contribution in [0, 0.1) is 0 Å². The Labute approximate surface area is 119 Å². The molecule has 0 unspecified atom stereocenters. The lowest BCUT2D eigenvalue weighted by Gasteiger charge is -2.17. The van der Waals surface area contributed by atoms with Gasteiger partial charge in [-0.3, -0.25) is 0 Å². The van der Waals surface area contributed by atoms with Crippen molar-refractivity contribution in [3.8, 4) is 5.75 Å². The van der Waals surface area contributed by atoms with E-state index in [1.165, 1.54) is 0 Å². The van der Waals surface area contributed by atoms with Gasteiger partial charge in [-0.25, -0.2) is 0 Å². The van der Waals surface area contributed by atoms with Crippen LogP contribution >= 0.6 is 0 Å². The second-order valence-corrected chi connectivity index (χ2v) is 4.62. The number of methoxy groups -OCH3 is 1. The van der Waals surface area contributed by atoms with Crippen molar-refractivity contribution in [3.63, 3.8) is 0 Å². The molecule has 5 nitrogen and oxygen atoms in total. The van der Waals surface area contributed by atoms with Gasteiger partial charge in [0.05, 0.1) is 19.3 Å². The number of nitrogens with one attached hydrogen (secondary N) is 1. The van der Waals surface area contributed by atoms with Gasteiger partial charge in [0.2, 0.25) is 0 Å². The minimum Gasteiger partial charge on any atom is -0.497 e. The molecular weight excluding hydrogens is 254 g/mol. The van der Waals surface area contributed by atoms with Crippen LogP contribution in [0.4, 0.5) is 5.69 Å². The molecule has 0 bridgehead atoms. The third-order valence-electron chi connectivity index (χ3n) is 3.07. The normalized spacial score (nSPS) is 10.6. The van der Waals surface area contributed by atoms with E-state index in [9.17, 15) is 0 Å². The molecule has 0 fully saturated rings. The van der Waals surface area contributed by atoms with E-state index in [1.54, 1.807) is 7.11 Å². The molecule has 0 saturated carbocycles. The van der Waals surface area contributed by atoms with Crippen LogP contribution in [0.1, 0.15) is 18.4 Å². The number of aromatic nitrogens is 1. The van der Waals surface area contributed by atoms with Gasteiger partial charge in [0.1, 0.15) is 5.75 Å². The second kappa shape index (κ2) is 6.96. The second-order valence-electron chi connectivity index (χ2n) is 4.62. The van der Waals surface area contributed by atoms with E-state index in [-0.39, 0.29) is 0 Å². The molecule has 5 heteroatoms. The summed E-state index contributed by atoms with van der Waals surface area (Å²) in [5, 5.41) is 7.27. The van der Waals surface area contributed by atoms with Crippen LogP contribution in [0.2, 0.25) is 0 Å². The van der Waals surface area contributed by atoms with Gasteiger partial charge < -0.3 is 19.5 Å². The Hall–Kier alpha value is -2.01. The van der Waals surface area contributed by atoms with Crippen molar-refractivity contribution in [2.45, 2.75) is 20.0 Å². The van der Waals surface area contributed by atoms with Gasteiger partial charge in [0.15, 0.2) is 5.76 Å². The average Bonchev–Trinajstić information content (AvgIpc) is 2.92. The molecule has 1 aromatic carbocycles. The Bertz CT molecular complexity index is 522. The number of nitrogens with zero attached hydrogens (tertiary/aromatic N) is 2. The third-order valence-corrected chi connectivity index (χ3v) is 3.07. The number of hydrogen-bond acceptors (Lipinski definition) is 5. The molecule has 0 aliphatic rings. The first-order chi connectivity index (χ1) is 9.72. The molecule has 20 heavy (non-hydrogen) atoms. The Morgan fingerprint density at radius 2 is 2.05 bits per heavy atom. The standard InChI is InChI=1S/C15H21N3O2/c1-4-16-10-12-9-15(20-17-12)11-18(2)13-5-7-14(19-3)8-6-13/h5-9,16H,4,10-11H2,1-3H3. The summed E-state index contributed by atoms with van der Waals surface area (Å²) in [5.74, 6) is 1.71. The molecule has 2 aromatic rings. The highest BCUT2D eigenvalue weighted by Crippen LogP contribution is 2.19. The Balaban J connectivity index is 1.95. The van der Waals surface area contributed by atoms with Crippen LogP contribution in [-0.2, 0) is 13.1 Å². The topological polar surface area (TPSA) is 50.5 Å². The van der Waals surface area contributed by atoms with Crippen LogP contribution in [0.15, 0.2) is 34.9 Å². The fourth-order valence-electron chi connectivity index (χ4n) is 1.93. The highest BCUT2D eigenvalue weighted by Gasteiger charge is 2.08. The predicted molar refractivity (Wildman–Crippen MR) is 79.0 cm³/mol. The SMILES string of the molecule is CCNCc1cc(CN(C)c2ccc(OC)cc2)on1. The lowest BCUT2D eigenvalue weighted by Crippen LogP contribution is -2.15. The molecule has 1 N–H and O–H groups in total. The van der Waals surface area contributed by atoms with E-state index >= 15 is 0 Å². The highest BCUT2D eigenvalue weighted by atomic mass is 16.5. The van der Waals surface area contributed by atoms with Gasteiger partial charge in [-0.2, -0.15) is 0 Å². The number of anilines is 1. The molecular formula is C15H21N3O2. The van der Waals surface area contributed by atoms with Crippen molar-refractivity contribution in [2.75, 3.05) is 25.6 Å². The zero-order valence-electron chi connectivity index (χ0n) is 12.2. The molecule has 0 saturated heterocycles. The summed E-state index contributed by atoms with van der Waals surface area (Å²) in [6.07, 6.45) is 0. The third kappa shape index (κ3) is 3.74.